The molecule has 1 aliphatic heterocycles. The van der Waals surface area contributed by atoms with Crippen LogP contribution < -0.4 is 4.74 Å². The summed E-state index contributed by atoms with van der Waals surface area (Å²) in [6.07, 6.45) is 3.00. The molecule has 1 atom stereocenters. The highest BCUT2D eigenvalue weighted by Crippen LogP contribution is 2.21. The summed E-state index contributed by atoms with van der Waals surface area (Å²) in [6.45, 7) is 5.43. The Morgan fingerprint density at radius 1 is 1.29 bits per heavy atom. The van der Waals surface area contributed by atoms with Gasteiger partial charge in [0.15, 0.2) is 0 Å². The lowest BCUT2D eigenvalue weighted by molar-refractivity contribution is -0.0114. The van der Waals surface area contributed by atoms with Crippen LogP contribution in [0.2, 0.25) is 0 Å². The van der Waals surface area contributed by atoms with Gasteiger partial charge >= 0.3 is 0 Å². The van der Waals surface area contributed by atoms with Crippen LogP contribution in [0.3, 0.4) is 0 Å². The van der Waals surface area contributed by atoms with Crippen LogP contribution in [0, 0.1) is 0 Å². The van der Waals surface area contributed by atoms with Crippen molar-refractivity contribution < 1.29 is 14.6 Å². The first kappa shape index (κ1) is 16.3. The van der Waals surface area contributed by atoms with Gasteiger partial charge in [0.25, 0.3) is 0 Å². The third-order valence-corrected chi connectivity index (χ3v) is 4.14. The predicted molar refractivity (Wildman–Crippen MR) is 83.5 cm³/mol. The molecule has 118 valence electrons. The molecule has 21 heavy (non-hydrogen) atoms. The molecule has 1 aromatic carbocycles. The molecule has 1 unspecified atom stereocenters. The van der Waals surface area contributed by atoms with Crippen LogP contribution in [0.4, 0.5) is 0 Å². The molecule has 0 spiro atoms. The zero-order valence-corrected chi connectivity index (χ0v) is 13.1. The van der Waals surface area contributed by atoms with Crippen LogP contribution in [0.5, 0.6) is 5.75 Å². The monoisotopic (exact) mass is 293 g/mol. The molecule has 2 rings (SSSR count). The van der Waals surface area contributed by atoms with Crippen LogP contribution in [0.1, 0.15) is 31.7 Å². The molecule has 1 heterocycles. The molecule has 0 bridgehead atoms. The normalized spacial score (nSPS) is 18.6. The van der Waals surface area contributed by atoms with Gasteiger partial charge < -0.3 is 19.5 Å². The number of likely N-dealkylation sites (tertiary alicyclic amines) is 1. The Balaban J connectivity index is 1.74. The highest BCUT2D eigenvalue weighted by atomic mass is 16.5. The molecule has 0 radical (unpaired) electrons. The summed E-state index contributed by atoms with van der Waals surface area (Å²) in [5.74, 6) is 0.890. The standard InChI is InChI=1S/C17H27NO3/c1-3-15(19)12-18-10-8-16(9-11-18)21-13-14-6-4-5-7-17(14)20-2/h4-7,15-16,19H,3,8-13H2,1-2H3. The SMILES string of the molecule is CCC(O)CN1CCC(OCc2ccccc2OC)CC1. The molecule has 0 saturated carbocycles. The lowest BCUT2D eigenvalue weighted by atomic mass is 10.1. The van der Waals surface area contributed by atoms with Gasteiger partial charge in [-0.1, -0.05) is 25.1 Å². The zero-order chi connectivity index (χ0) is 15.1. The minimum Gasteiger partial charge on any atom is -0.496 e. The lowest BCUT2D eigenvalue weighted by Gasteiger charge is -2.33. The fourth-order valence-corrected chi connectivity index (χ4v) is 2.72. The van der Waals surface area contributed by atoms with Crippen LogP contribution in [-0.4, -0.2) is 49.0 Å². The minimum atomic E-state index is -0.198. The van der Waals surface area contributed by atoms with E-state index in [1.165, 1.54) is 0 Å². The number of β-amino-alcohol motifs (C(OH)–C–C–N with tert-alkyl or cyclic N) is 1. The van der Waals surface area contributed by atoms with Crippen molar-refractivity contribution in [3.8, 4) is 5.75 Å². The van der Waals surface area contributed by atoms with E-state index in [1.807, 2.05) is 31.2 Å². The van der Waals surface area contributed by atoms with E-state index in [0.717, 1.165) is 50.2 Å². The largest absolute Gasteiger partial charge is 0.496 e. The summed E-state index contributed by atoms with van der Waals surface area (Å²) in [6, 6.07) is 7.99. The van der Waals surface area contributed by atoms with Gasteiger partial charge in [0.2, 0.25) is 0 Å². The molecule has 1 fully saturated rings. The first-order valence-corrected chi connectivity index (χ1v) is 7.86. The van der Waals surface area contributed by atoms with Gasteiger partial charge in [-0.3, -0.25) is 0 Å². The first-order chi connectivity index (χ1) is 10.2. The quantitative estimate of drug-likeness (QED) is 0.838. The predicted octanol–water partition coefficient (Wildman–Crippen LogP) is 2.45. The average molecular weight is 293 g/mol. The number of hydrogen-bond donors (Lipinski definition) is 1. The second kappa shape index (κ2) is 8.37. The van der Waals surface area contributed by atoms with Gasteiger partial charge in [0.05, 0.1) is 25.9 Å². The van der Waals surface area contributed by atoms with Crippen molar-refractivity contribution in [3.63, 3.8) is 0 Å². The highest BCUT2D eigenvalue weighted by molar-refractivity contribution is 5.32. The highest BCUT2D eigenvalue weighted by Gasteiger charge is 2.21. The molecule has 0 aliphatic carbocycles. The van der Waals surface area contributed by atoms with E-state index in [0.29, 0.717) is 12.7 Å². The summed E-state index contributed by atoms with van der Waals surface area (Å²) in [5.41, 5.74) is 1.10. The van der Waals surface area contributed by atoms with Crippen LogP contribution >= 0.6 is 0 Å². The van der Waals surface area contributed by atoms with Crippen molar-refractivity contribution in [2.24, 2.45) is 0 Å². The topological polar surface area (TPSA) is 41.9 Å². The van der Waals surface area contributed by atoms with Gasteiger partial charge in [-0.15, -0.1) is 0 Å². The van der Waals surface area contributed by atoms with Gasteiger partial charge in [-0.2, -0.15) is 0 Å². The Bertz CT molecular complexity index is 416. The Hall–Kier alpha value is -1.10. The second-order valence-corrected chi connectivity index (χ2v) is 5.68. The number of rotatable bonds is 7. The summed E-state index contributed by atoms with van der Waals surface area (Å²) >= 11 is 0. The number of para-hydroxylation sites is 1. The van der Waals surface area contributed by atoms with Crippen LogP contribution in [0.15, 0.2) is 24.3 Å². The number of aliphatic hydroxyl groups excluding tert-OH is 1. The molecular weight excluding hydrogens is 266 g/mol. The summed E-state index contributed by atoms with van der Waals surface area (Å²) in [4.78, 5) is 2.33. The molecule has 4 nitrogen and oxygen atoms in total. The van der Waals surface area contributed by atoms with E-state index in [-0.39, 0.29) is 6.10 Å². The Morgan fingerprint density at radius 2 is 2.00 bits per heavy atom. The maximum atomic E-state index is 9.70. The Morgan fingerprint density at radius 3 is 2.67 bits per heavy atom. The number of ether oxygens (including phenoxy) is 2. The van der Waals surface area contributed by atoms with E-state index in [4.69, 9.17) is 9.47 Å². The maximum absolute atomic E-state index is 9.70. The van der Waals surface area contributed by atoms with E-state index in [1.54, 1.807) is 7.11 Å². The van der Waals surface area contributed by atoms with Crippen molar-refractivity contribution in [2.75, 3.05) is 26.7 Å². The number of methoxy groups -OCH3 is 1. The number of nitrogens with zero attached hydrogens (tertiary/aromatic N) is 1. The molecule has 1 aliphatic rings. The average Bonchev–Trinajstić information content (AvgIpc) is 2.54. The van der Waals surface area contributed by atoms with Gasteiger partial charge in [0, 0.05) is 25.2 Å². The smallest absolute Gasteiger partial charge is 0.124 e. The van der Waals surface area contributed by atoms with E-state index in [9.17, 15) is 5.11 Å². The van der Waals surface area contributed by atoms with Crippen molar-refractivity contribution in [1.82, 2.24) is 4.90 Å². The second-order valence-electron chi connectivity index (χ2n) is 5.68. The van der Waals surface area contributed by atoms with E-state index < -0.39 is 0 Å². The van der Waals surface area contributed by atoms with Crippen molar-refractivity contribution in [3.05, 3.63) is 29.8 Å². The molecular formula is C17H27NO3. The van der Waals surface area contributed by atoms with Gasteiger partial charge in [0.1, 0.15) is 5.75 Å². The summed E-state index contributed by atoms with van der Waals surface area (Å²) in [5, 5.41) is 9.70. The summed E-state index contributed by atoms with van der Waals surface area (Å²) < 4.78 is 11.4. The van der Waals surface area contributed by atoms with E-state index in [2.05, 4.69) is 4.90 Å². The summed E-state index contributed by atoms with van der Waals surface area (Å²) in [7, 11) is 1.69. The maximum Gasteiger partial charge on any atom is 0.124 e. The van der Waals surface area contributed by atoms with E-state index >= 15 is 0 Å². The fourth-order valence-electron chi connectivity index (χ4n) is 2.72. The molecule has 1 N–H and O–H groups in total. The molecule has 1 aromatic rings. The molecule has 1 saturated heterocycles. The minimum absolute atomic E-state index is 0.198. The van der Waals surface area contributed by atoms with Gasteiger partial charge in [-0.25, -0.2) is 0 Å². The Labute approximate surface area is 127 Å². The first-order valence-electron chi connectivity index (χ1n) is 7.86. The third-order valence-electron chi connectivity index (χ3n) is 4.14. The van der Waals surface area contributed by atoms with Crippen LogP contribution in [-0.2, 0) is 11.3 Å². The zero-order valence-electron chi connectivity index (χ0n) is 13.1. The number of benzene rings is 1. The molecule has 4 heteroatoms. The lowest BCUT2D eigenvalue weighted by Crippen LogP contribution is -2.40. The van der Waals surface area contributed by atoms with Crippen molar-refractivity contribution in [2.45, 2.75) is 45.0 Å². The Kier molecular flexibility index (Phi) is 6.49. The molecule has 0 aromatic heterocycles. The number of aliphatic hydroxyl groups is 1. The van der Waals surface area contributed by atoms with Crippen molar-refractivity contribution in [1.29, 1.82) is 0 Å². The molecule has 0 amide bonds. The van der Waals surface area contributed by atoms with Gasteiger partial charge in [-0.05, 0) is 25.3 Å². The fraction of sp³-hybridized carbons (Fsp3) is 0.647. The number of hydrogen-bond acceptors (Lipinski definition) is 4. The van der Waals surface area contributed by atoms with Crippen molar-refractivity contribution >= 4 is 0 Å². The third kappa shape index (κ3) is 4.99. The number of piperidine rings is 1. The van der Waals surface area contributed by atoms with Crippen LogP contribution in [0.25, 0.3) is 0 Å².